The van der Waals surface area contributed by atoms with Crippen LogP contribution >= 0.6 is 11.6 Å². The first-order valence-corrected chi connectivity index (χ1v) is 9.48. The van der Waals surface area contributed by atoms with Gasteiger partial charge in [-0.05, 0) is 42.8 Å². The molecule has 3 rings (SSSR count). The Hall–Kier alpha value is -3.28. The molecule has 0 saturated carbocycles. The Labute approximate surface area is 187 Å². The first-order chi connectivity index (χ1) is 15.1. The molecule has 0 bridgehead atoms. The summed E-state index contributed by atoms with van der Waals surface area (Å²) in [5, 5.41) is 4.66. The molecule has 1 aliphatic rings. The zero-order valence-corrected chi connectivity index (χ0v) is 17.3. The highest BCUT2D eigenvalue weighted by atomic mass is 35.5. The van der Waals surface area contributed by atoms with E-state index in [2.05, 4.69) is 5.32 Å². The number of halogens is 7. The highest BCUT2D eigenvalue weighted by Gasteiger charge is 2.49. The number of amides is 4. The van der Waals surface area contributed by atoms with Gasteiger partial charge in [-0.15, -0.1) is 0 Å². The Bertz CT molecular complexity index is 1090. The fraction of sp³-hybridized carbons (Fsp3) is 0.250. The number of benzene rings is 2. The zero-order chi connectivity index (χ0) is 24.8. The van der Waals surface area contributed by atoms with Crippen molar-refractivity contribution in [3.8, 4) is 0 Å². The van der Waals surface area contributed by atoms with Crippen LogP contribution in [0, 0.1) is 0 Å². The SMILES string of the molecule is CC1(c2ccc(Cl)cc2)NC(=O)N(CC(=O)Nc2cc(C(F)(F)F)cc(C(F)(F)F)c2)C1=O. The van der Waals surface area contributed by atoms with Crippen molar-refractivity contribution >= 4 is 35.1 Å². The number of carbonyl (C=O) groups excluding carboxylic acids is 3. The maximum atomic E-state index is 13.0. The summed E-state index contributed by atoms with van der Waals surface area (Å²) in [4.78, 5) is 37.9. The Morgan fingerprint density at radius 2 is 1.52 bits per heavy atom. The third-order valence-corrected chi connectivity index (χ3v) is 5.12. The number of hydrogen-bond donors (Lipinski definition) is 2. The standard InChI is InChI=1S/C20H14ClF6N3O3/c1-18(10-2-4-13(21)5-3-10)16(32)30(17(33)29-18)9-15(31)28-14-7-11(19(22,23)24)6-12(8-14)20(25,26)27/h2-8H,9H2,1H3,(H,28,31)(H,29,33). The number of carbonyl (C=O) groups is 3. The molecule has 0 radical (unpaired) electrons. The van der Waals surface area contributed by atoms with Gasteiger partial charge in [-0.25, -0.2) is 4.79 Å². The molecule has 0 aromatic heterocycles. The van der Waals surface area contributed by atoms with Crippen LogP contribution in [0.15, 0.2) is 42.5 Å². The molecular formula is C20H14ClF6N3O3. The van der Waals surface area contributed by atoms with Gasteiger partial charge in [0.25, 0.3) is 5.91 Å². The lowest BCUT2D eigenvalue weighted by molar-refractivity contribution is -0.143. The molecule has 1 heterocycles. The highest BCUT2D eigenvalue weighted by Crippen LogP contribution is 2.37. The number of urea groups is 1. The molecule has 33 heavy (non-hydrogen) atoms. The van der Waals surface area contributed by atoms with Gasteiger partial charge in [0.05, 0.1) is 11.1 Å². The van der Waals surface area contributed by atoms with Gasteiger partial charge in [0.15, 0.2) is 0 Å². The highest BCUT2D eigenvalue weighted by molar-refractivity contribution is 6.30. The summed E-state index contributed by atoms with van der Waals surface area (Å²) < 4.78 is 77.9. The fourth-order valence-corrected chi connectivity index (χ4v) is 3.32. The quantitative estimate of drug-likeness (QED) is 0.475. The second-order valence-corrected chi connectivity index (χ2v) is 7.73. The van der Waals surface area contributed by atoms with E-state index in [-0.39, 0.29) is 6.07 Å². The molecule has 176 valence electrons. The van der Waals surface area contributed by atoms with Crippen LogP contribution in [0.2, 0.25) is 5.02 Å². The predicted molar refractivity (Wildman–Crippen MR) is 104 cm³/mol. The molecule has 4 amide bonds. The van der Waals surface area contributed by atoms with Crippen LogP contribution in [0.5, 0.6) is 0 Å². The minimum absolute atomic E-state index is 0.0926. The van der Waals surface area contributed by atoms with Crippen molar-refractivity contribution in [3.05, 3.63) is 64.2 Å². The van der Waals surface area contributed by atoms with E-state index >= 15 is 0 Å². The van der Waals surface area contributed by atoms with Crippen molar-refractivity contribution in [2.75, 3.05) is 11.9 Å². The van der Waals surface area contributed by atoms with Crippen LogP contribution in [-0.4, -0.2) is 29.3 Å². The molecule has 1 saturated heterocycles. The van der Waals surface area contributed by atoms with E-state index in [1.54, 1.807) is 0 Å². The monoisotopic (exact) mass is 493 g/mol. The molecule has 6 nitrogen and oxygen atoms in total. The van der Waals surface area contributed by atoms with E-state index in [1.165, 1.54) is 31.2 Å². The minimum Gasteiger partial charge on any atom is -0.325 e. The molecule has 1 atom stereocenters. The number of nitrogens with one attached hydrogen (secondary N) is 2. The number of alkyl halides is 6. The molecule has 1 fully saturated rings. The number of nitrogens with zero attached hydrogens (tertiary/aromatic N) is 1. The van der Waals surface area contributed by atoms with Crippen LogP contribution in [0.1, 0.15) is 23.6 Å². The van der Waals surface area contributed by atoms with E-state index in [0.29, 0.717) is 27.6 Å². The lowest BCUT2D eigenvalue weighted by atomic mass is 9.92. The summed E-state index contributed by atoms with van der Waals surface area (Å²) in [6.45, 7) is 0.433. The third kappa shape index (κ3) is 5.05. The average molecular weight is 494 g/mol. The normalized spacial score (nSPS) is 19.0. The molecule has 2 N–H and O–H groups in total. The van der Waals surface area contributed by atoms with Crippen molar-refractivity contribution in [2.45, 2.75) is 24.8 Å². The van der Waals surface area contributed by atoms with Crippen LogP contribution in [0.3, 0.4) is 0 Å². The maximum absolute atomic E-state index is 13.0. The molecule has 13 heteroatoms. The smallest absolute Gasteiger partial charge is 0.325 e. The number of rotatable bonds is 4. The van der Waals surface area contributed by atoms with Gasteiger partial charge in [-0.3, -0.25) is 14.5 Å². The van der Waals surface area contributed by atoms with Gasteiger partial charge in [-0.1, -0.05) is 23.7 Å². The average Bonchev–Trinajstić information content (AvgIpc) is 2.90. The van der Waals surface area contributed by atoms with Gasteiger partial charge < -0.3 is 10.6 Å². The second-order valence-electron chi connectivity index (χ2n) is 7.30. The topological polar surface area (TPSA) is 78.5 Å². The van der Waals surface area contributed by atoms with Crippen LogP contribution in [0.4, 0.5) is 36.8 Å². The van der Waals surface area contributed by atoms with Gasteiger partial charge >= 0.3 is 18.4 Å². The molecule has 1 aliphatic heterocycles. The van der Waals surface area contributed by atoms with E-state index in [1.807, 2.05) is 5.32 Å². The Kier molecular flexibility index (Phi) is 6.09. The molecule has 0 spiro atoms. The van der Waals surface area contributed by atoms with Crippen molar-refractivity contribution in [1.82, 2.24) is 10.2 Å². The molecule has 2 aromatic rings. The summed E-state index contributed by atoms with van der Waals surface area (Å²) in [5.74, 6) is -2.02. The van der Waals surface area contributed by atoms with Crippen molar-refractivity contribution < 1.29 is 40.7 Å². The Balaban J connectivity index is 1.81. The van der Waals surface area contributed by atoms with Gasteiger partial charge in [0, 0.05) is 10.7 Å². The van der Waals surface area contributed by atoms with Crippen molar-refractivity contribution in [1.29, 1.82) is 0 Å². The third-order valence-electron chi connectivity index (χ3n) is 4.87. The first kappa shape index (κ1) is 24.4. The van der Waals surface area contributed by atoms with Crippen molar-refractivity contribution in [2.24, 2.45) is 0 Å². The van der Waals surface area contributed by atoms with Crippen LogP contribution in [0.25, 0.3) is 0 Å². The number of hydrogen-bond acceptors (Lipinski definition) is 3. The Morgan fingerprint density at radius 3 is 2.00 bits per heavy atom. The second kappa shape index (κ2) is 8.25. The minimum atomic E-state index is -5.11. The summed E-state index contributed by atoms with van der Waals surface area (Å²) in [5.41, 5.74) is -5.26. The molecule has 1 unspecified atom stereocenters. The predicted octanol–water partition coefficient (Wildman–Crippen LogP) is 4.78. The van der Waals surface area contributed by atoms with Crippen LogP contribution < -0.4 is 10.6 Å². The Morgan fingerprint density at radius 1 is 1.00 bits per heavy atom. The lowest BCUT2D eigenvalue weighted by Crippen LogP contribution is -2.42. The maximum Gasteiger partial charge on any atom is 0.416 e. The van der Waals surface area contributed by atoms with Gasteiger partial charge in [-0.2, -0.15) is 26.3 Å². The van der Waals surface area contributed by atoms with E-state index in [9.17, 15) is 40.7 Å². The van der Waals surface area contributed by atoms with Gasteiger partial charge in [0.2, 0.25) is 5.91 Å². The summed E-state index contributed by atoms with van der Waals surface area (Å²) in [7, 11) is 0. The summed E-state index contributed by atoms with van der Waals surface area (Å²) in [6, 6.07) is 5.48. The van der Waals surface area contributed by atoms with E-state index in [4.69, 9.17) is 11.6 Å². The van der Waals surface area contributed by atoms with Gasteiger partial charge in [0.1, 0.15) is 12.1 Å². The fourth-order valence-electron chi connectivity index (χ4n) is 3.19. The lowest BCUT2D eigenvalue weighted by Gasteiger charge is -2.22. The summed E-state index contributed by atoms with van der Waals surface area (Å²) >= 11 is 5.81. The van der Waals surface area contributed by atoms with Crippen LogP contribution in [-0.2, 0) is 27.5 Å². The van der Waals surface area contributed by atoms with E-state index < -0.39 is 59.1 Å². The molecule has 0 aliphatic carbocycles. The van der Waals surface area contributed by atoms with E-state index in [0.717, 1.165) is 0 Å². The zero-order valence-electron chi connectivity index (χ0n) is 16.6. The number of anilines is 1. The molecular weight excluding hydrogens is 480 g/mol. The first-order valence-electron chi connectivity index (χ1n) is 9.11. The largest absolute Gasteiger partial charge is 0.416 e. The summed E-state index contributed by atoms with van der Waals surface area (Å²) in [6.07, 6.45) is -10.2. The van der Waals surface area contributed by atoms with Crippen molar-refractivity contribution in [3.63, 3.8) is 0 Å². The molecule has 2 aromatic carbocycles. The number of imide groups is 1.